The molecule has 0 radical (unpaired) electrons. The first kappa shape index (κ1) is 16.9. The molecule has 1 fully saturated rings. The van der Waals surface area contributed by atoms with Crippen LogP contribution in [0.15, 0.2) is 0 Å². The van der Waals surface area contributed by atoms with E-state index in [4.69, 9.17) is 14.2 Å². The molecule has 1 rings (SSSR count). The molecule has 114 valence electrons. The van der Waals surface area contributed by atoms with Crippen LogP contribution in [-0.4, -0.2) is 52.1 Å². The number of hydrogen-bond donors (Lipinski definition) is 2. The van der Waals surface area contributed by atoms with E-state index < -0.39 is 41.9 Å². The van der Waals surface area contributed by atoms with Crippen molar-refractivity contribution >= 4 is 0 Å². The molecule has 0 saturated carbocycles. The summed E-state index contributed by atoms with van der Waals surface area (Å²) in [6.07, 6.45) is -3.79. The van der Waals surface area contributed by atoms with Gasteiger partial charge >= 0.3 is 0 Å². The molecule has 5 nitrogen and oxygen atoms in total. The summed E-state index contributed by atoms with van der Waals surface area (Å²) in [4.78, 5) is 0. The van der Waals surface area contributed by atoms with Gasteiger partial charge in [-0.15, -0.1) is 0 Å². The molecule has 5 heteroatoms. The second-order valence-corrected chi connectivity index (χ2v) is 7.11. The summed E-state index contributed by atoms with van der Waals surface area (Å²) < 4.78 is 17.0. The molecule has 5 atom stereocenters. The molecule has 0 amide bonds. The predicted molar refractivity (Wildman–Crippen MR) is 71.8 cm³/mol. The van der Waals surface area contributed by atoms with E-state index in [1.165, 1.54) is 0 Å². The summed E-state index contributed by atoms with van der Waals surface area (Å²) >= 11 is 0. The first-order chi connectivity index (χ1) is 8.41. The number of aliphatic hydroxyl groups is 2. The molecule has 0 spiro atoms. The third kappa shape index (κ3) is 5.00. The summed E-state index contributed by atoms with van der Waals surface area (Å²) in [7, 11) is 0. The quantitative estimate of drug-likeness (QED) is 0.799. The van der Waals surface area contributed by atoms with E-state index >= 15 is 0 Å². The number of rotatable bonds is 2. The fraction of sp³-hybridized carbons (Fsp3) is 1.00. The minimum atomic E-state index is -1.11. The largest absolute Gasteiger partial charge is 0.388 e. The molecule has 2 N–H and O–H groups in total. The fourth-order valence-corrected chi connectivity index (χ4v) is 2.08. The topological polar surface area (TPSA) is 68.2 Å². The van der Waals surface area contributed by atoms with Gasteiger partial charge in [0.25, 0.3) is 0 Å². The highest BCUT2D eigenvalue weighted by molar-refractivity contribution is 4.91. The van der Waals surface area contributed by atoms with Crippen LogP contribution in [0.3, 0.4) is 0 Å². The van der Waals surface area contributed by atoms with E-state index in [2.05, 4.69) is 0 Å². The van der Waals surface area contributed by atoms with Gasteiger partial charge in [0.2, 0.25) is 0 Å². The molecule has 0 aromatic carbocycles. The highest BCUT2D eigenvalue weighted by Gasteiger charge is 2.47. The Balaban J connectivity index is 2.93. The average molecular weight is 276 g/mol. The Kier molecular flexibility index (Phi) is 5.02. The Morgan fingerprint density at radius 1 is 0.842 bits per heavy atom. The zero-order chi connectivity index (χ0) is 15.0. The van der Waals surface area contributed by atoms with Crippen molar-refractivity contribution in [2.45, 2.75) is 90.4 Å². The Bertz CT molecular complexity index is 291. The summed E-state index contributed by atoms with van der Waals surface area (Å²) in [5.74, 6) is 0. The highest BCUT2D eigenvalue weighted by Crippen LogP contribution is 2.30. The number of aliphatic hydroxyl groups excluding tert-OH is 2. The summed E-state index contributed by atoms with van der Waals surface area (Å²) in [6, 6.07) is 0. The predicted octanol–water partition coefficient (Wildman–Crippen LogP) is 1.45. The monoisotopic (exact) mass is 276 g/mol. The lowest BCUT2D eigenvalue weighted by molar-refractivity contribution is -0.321. The van der Waals surface area contributed by atoms with Gasteiger partial charge in [0.05, 0.1) is 17.3 Å². The van der Waals surface area contributed by atoms with E-state index in [9.17, 15) is 10.2 Å². The molecule has 1 aliphatic heterocycles. The fourth-order valence-electron chi connectivity index (χ4n) is 2.08. The van der Waals surface area contributed by atoms with E-state index in [1.54, 1.807) is 6.92 Å². The van der Waals surface area contributed by atoms with Gasteiger partial charge in [0.1, 0.15) is 18.3 Å². The van der Waals surface area contributed by atoms with Crippen molar-refractivity contribution in [1.82, 2.24) is 0 Å². The molecule has 0 bridgehead atoms. The maximum Gasteiger partial charge on any atom is 0.184 e. The Morgan fingerprint density at radius 2 is 1.26 bits per heavy atom. The van der Waals surface area contributed by atoms with Crippen LogP contribution in [0.25, 0.3) is 0 Å². The first-order valence-corrected chi connectivity index (χ1v) is 6.78. The maximum absolute atomic E-state index is 10.2. The minimum absolute atomic E-state index is 0.443. The lowest BCUT2D eigenvalue weighted by Gasteiger charge is -2.45. The molecular formula is C14H28O5. The summed E-state index contributed by atoms with van der Waals surface area (Å²) in [5.41, 5.74) is -0.906. The van der Waals surface area contributed by atoms with Gasteiger partial charge in [-0.2, -0.15) is 0 Å². The molecule has 19 heavy (non-hydrogen) atoms. The normalized spacial score (nSPS) is 37.4. The molecule has 0 aliphatic carbocycles. The van der Waals surface area contributed by atoms with Crippen LogP contribution >= 0.6 is 0 Å². The van der Waals surface area contributed by atoms with Crippen LogP contribution in [-0.2, 0) is 14.2 Å². The standard InChI is InChI=1S/C14H28O5/c1-8-9(15)10(18-13(2,3)4)11(12(16)17-8)19-14(5,6)7/h8-12,15-16H,1-7H3. The van der Waals surface area contributed by atoms with Crippen molar-refractivity contribution in [2.24, 2.45) is 0 Å². The first-order valence-electron chi connectivity index (χ1n) is 6.78. The molecule has 1 saturated heterocycles. The Hall–Kier alpha value is -0.200. The van der Waals surface area contributed by atoms with Crippen molar-refractivity contribution in [3.05, 3.63) is 0 Å². The Labute approximate surface area is 115 Å². The molecule has 1 heterocycles. The number of hydrogen-bond acceptors (Lipinski definition) is 5. The van der Waals surface area contributed by atoms with Crippen LogP contribution in [0.4, 0.5) is 0 Å². The molecular weight excluding hydrogens is 248 g/mol. The number of ether oxygens (including phenoxy) is 3. The summed E-state index contributed by atoms with van der Waals surface area (Å²) in [5, 5.41) is 20.3. The van der Waals surface area contributed by atoms with E-state index in [0.29, 0.717) is 0 Å². The van der Waals surface area contributed by atoms with Crippen molar-refractivity contribution in [2.75, 3.05) is 0 Å². The van der Waals surface area contributed by atoms with E-state index in [-0.39, 0.29) is 0 Å². The second kappa shape index (κ2) is 5.66. The molecule has 0 aromatic rings. The van der Waals surface area contributed by atoms with Gasteiger partial charge in [-0.25, -0.2) is 0 Å². The van der Waals surface area contributed by atoms with Gasteiger partial charge in [0.15, 0.2) is 6.29 Å². The average Bonchev–Trinajstić information content (AvgIpc) is 2.17. The van der Waals surface area contributed by atoms with Crippen LogP contribution in [0, 0.1) is 0 Å². The van der Waals surface area contributed by atoms with Crippen LogP contribution in [0.2, 0.25) is 0 Å². The summed E-state index contributed by atoms with van der Waals surface area (Å²) in [6.45, 7) is 13.1. The third-order valence-electron chi connectivity index (χ3n) is 2.76. The second-order valence-electron chi connectivity index (χ2n) is 7.11. The lowest BCUT2D eigenvalue weighted by atomic mass is 9.97. The van der Waals surface area contributed by atoms with Crippen molar-refractivity contribution in [3.8, 4) is 0 Å². The molecule has 5 unspecified atom stereocenters. The van der Waals surface area contributed by atoms with Crippen LogP contribution in [0.5, 0.6) is 0 Å². The van der Waals surface area contributed by atoms with Crippen molar-refractivity contribution in [1.29, 1.82) is 0 Å². The van der Waals surface area contributed by atoms with Crippen molar-refractivity contribution < 1.29 is 24.4 Å². The minimum Gasteiger partial charge on any atom is -0.388 e. The van der Waals surface area contributed by atoms with Crippen LogP contribution < -0.4 is 0 Å². The van der Waals surface area contributed by atoms with Gasteiger partial charge in [-0.1, -0.05) is 0 Å². The zero-order valence-corrected chi connectivity index (χ0v) is 13.0. The van der Waals surface area contributed by atoms with Crippen molar-refractivity contribution in [3.63, 3.8) is 0 Å². The van der Waals surface area contributed by atoms with E-state index in [0.717, 1.165) is 0 Å². The van der Waals surface area contributed by atoms with Gasteiger partial charge in [0, 0.05) is 0 Å². The third-order valence-corrected chi connectivity index (χ3v) is 2.76. The van der Waals surface area contributed by atoms with E-state index in [1.807, 2.05) is 41.5 Å². The molecule has 1 aliphatic rings. The maximum atomic E-state index is 10.2. The van der Waals surface area contributed by atoms with Gasteiger partial charge in [-0.05, 0) is 48.5 Å². The van der Waals surface area contributed by atoms with Crippen LogP contribution in [0.1, 0.15) is 48.5 Å². The van der Waals surface area contributed by atoms with Gasteiger partial charge in [-0.3, -0.25) is 0 Å². The SMILES string of the molecule is CC1OC(O)C(OC(C)(C)C)C(OC(C)(C)C)C1O. The van der Waals surface area contributed by atoms with Gasteiger partial charge < -0.3 is 24.4 Å². The smallest absolute Gasteiger partial charge is 0.184 e. The lowest BCUT2D eigenvalue weighted by Crippen LogP contribution is -2.61. The highest BCUT2D eigenvalue weighted by atomic mass is 16.7. The zero-order valence-electron chi connectivity index (χ0n) is 13.0. The Morgan fingerprint density at radius 3 is 1.68 bits per heavy atom. The molecule has 0 aromatic heterocycles.